The number of halogens is 2. The molecule has 0 bridgehead atoms. The van der Waals surface area contributed by atoms with Crippen LogP contribution in [0.5, 0.6) is 0 Å². The number of ether oxygens (including phenoxy) is 1. The molecule has 1 amide bonds. The van der Waals surface area contributed by atoms with Gasteiger partial charge in [-0.15, -0.1) is 0 Å². The lowest BCUT2D eigenvalue weighted by Gasteiger charge is -2.31. The van der Waals surface area contributed by atoms with Gasteiger partial charge in [-0.3, -0.25) is 4.79 Å². The molecular weight excluding hydrogens is 368 g/mol. The van der Waals surface area contributed by atoms with E-state index in [1.807, 2.05) is 0 Å². The second kappa shape index (κ2) is 8.06. The Labute approximate surface area is 161 Å². The van der Waals surface area contributed by atoms with E-state index in [0.29, 0.717) is 16.7 Å². The fourth-order valence-corrected chi connectivity index (χ4v) is 3.26. The predicted octanol–water partition coefficient (Wildman–Crippen LogP) is 3.50. The molecule has 1 heterocycles. The van der Waals surface area contributed by atoms with E-state index in [4.69, 9.17) is 0 Å². The molecule has 0 atom stereocenters. The van der Waals surface area contributed by atoms with Gasteiger partial charge in [0.25, 0.3) is 11.8 Å². The number of hydrogen-bond donors (Lipinski definition) is 1. The normalized spacial score (nSPS) is 15.9. The Morgan fingerprint density at radius 1 is 1.07 bits per heavy atom. The van der Waals surface area contributed by atoms with Crippen LogP contribution in [0, 0.1) is 0 Å². The van der Waals surface area contributed by atoms with Crippen LogP contribution in [0.2, 0.25) is 0 Å². The molecule has 2 aromatic carbocycles. The van der Waals surface area contributed by atoms with Crippen molar-refractivity contribution in [3.63, 3.8) is 0 Å². The van der Waals surface area contributed by atoms with Gasteiger partial charge < -0.3 is 14.7 Å². The Balaban J connectivity index is 1.79. The number of benzene rings is 2. The van der Waals surface area contributed by atoms with E-state index < -0.39 is 11.9 Å². The standard InChI is InChI=1S/C21H21F2NO4/c1-28-20(27)16-6-7-18(17(12-16)13-25)14-2-4-15(5-3-14)19(26)24-10-8-21(22,23)9-11-24/h2-7,12,25H,8-11,13H2,1H3. The third-order valence-electron chi connectivity index (χ3n) is 4.92. The molecule has 7 heteroatoms. The zero-order chi connectivity index (χ0) is 20.3. The lowest BCUT2D eigenvalue weighted by atomic mass is 9.96. The van der Waals surface area contributed by atoms with Crippen molar-refractivity contribution in [3.05, 3.63) is 59.2 Å². The van der Waals surface area contributed by atoms with Crippen LogP contribution >= 0.6 is 0 Å². The summed E-state index contributed by atoms with van der Waals surface area (Å²) in [6.07, 6.45) is -0.632. The minimum Gasteiger partial charge on any atom is -0.465 e. The van der Waals surface area contributed by atoms with E-state index in [9.17, 15) is 23.5 Å². The highest BCUT2D eigenvalue weighted by Crippen LogP contribution is 2.29. The summed E-state index contributed by atoms with van der Waals surface area (Å²) in [5.74, 6) is -3.46. The van der Waals surface area contributed by atoms with Crippen molar-refractivity contribution in [1.82, 2.24) is 4.90 Å². The average Bonchev–Trinajstić information content (AvgIpc) is 2.72. The summed E-state index contributed by atoms with van der Waals surface area (Å²) >= 11 is 0. The van der Waals surface area contributed by atoms with Crippen LogP contribution < -0.4 is 0 Å². The van der Waals surface area contributed by atoms with Crippen LogP contribution in [0.15, 0.2) is 42.5 Å². The topological polar surface area (TPSA) is 66.8 Å². The van der Waals surface area contributed by atoms with Crippen molar-refractivity contribution in [3.8, 4) is 11.1 Å². The summed E-state index contributed by atoms with van der Waals surface area (Å²) in [7, 11) is 1.29. The first kappa shape index (κ1) is 19.9. The summed E-state index contributed by atoms with van der Waals surface area (Å²) < 4.78 is 31.2. The molecule has 0 saturated carbocycles. The molecule has 148 valence electrons. The second-order valence-corrected chi connectivity index (χ2v) is 6.75. The highest BCUT2D eigenvalue weighted by Gasteiger charge is 2.35. The van der Waals surface area contributed by atoms with Gasteiger partial charge in [0, 0.05) is 31.5 Å². The number of alkyl halides is 2. The number of hydrogen-bond acceptors (Lipinski definition) is 4. The lowest BCUT2D eigenvalue weighted by Crippen LogP contribution is -2.42. The molecule has 2 aromatic rings. The van der Waals surface area contributed by atoms with Crippen LogP contribution in [0.3, 0.4) is 0 Å². The first-order valence-electron chi connectivity index (χ1n) is 8.94. The number of amides is 1. The number of likely N-dealkylation sites (tertiary alicyclic amines) is 1. The molecule has 1 aliphatic rings. The van der Waals surface area contributed by atoms with Crippen LogP contribution in [-0.4, -0.2) is 48.0 Å². The van der Waals surface area contributed by atoms with Gasteiger partial charge in [0.05, 0.1) is 19.3 Å². The minimum absolute atomic E-state index is 0.0389. The molecule has 0 spiro atoms. The quantitative estimate of drug-likeness (QED) is 0.813. The Hall–Kier alpha value is -2.80. The highest BCUT2D eigenvalue weighted by atomic mass is 19.3. The molecule has 0 unspecified atom stereocenters. The van der Waals surface area contributed by atoms with Crippen LogP contribution in [0.1, 0.15) is 39.1 Å². The molecule has 5 nitrogen and oxygen atoms in total. The van der Waals surface area contributed by atoms with Gasteiger partial charge in [0.2, 0.25) is 0 Å². The molecule has 0 aliphatic carbocycles. The van der Waals surface area contributed by atoms with Crippen molar-refractivity contribution in [2.75, 3.05) is 20.2 Å². The van der Waals surface area contributed by atoms with Gasteiger partial charge in [-0.1, -0.05) is 18.2 Å². The van der Waals surface area contributed by atoms with Crippen molar-refractivity contribution >= 4 is 11.9 Å². The third-order valence-corrected chi connectivity index (χ3v) is 4.92. The molecule has 1 N–H and O–H groups in total. The van der Waals surface area contributed by atoms with E-state index in [1.165, 1.54) is 12.0 Å². The van der Waals surface area contributed by atoms with Crippen LogP contribution in [0.25, 0.3) is 11.1 Å². The Morgan fingerprint density at radius 3 is 2.25 bits per heavy atom. The number of carbonyl (C=O) groups excluding carboxylic acids is 2. The highest BCUT2D eigenvalue weighted by molar-refractivity contribution is 5.95. The average molecular weight is 389 g/mol. The van der Waals surface area contributed by atoms with E-state index in [2.05, 4.69) is 4.74 Å². The molecule has 0 aromatic heterocycles. The zero-order valence-corrected chi connectivity index (χ0v) is 15.5. The fraction of sp³-hybridized carbons (Fsp3) is 0.333. The zero-order valence-electron chi connectivity index (χ0n) is 15.5. The van der Waals surface area contributed by atoms with E-state index >= 15 is 0 Å². The Kier molecular flexibility index (Phi) is 5.74. The maximum atomic E-state index is 13.3. The fourth-order valence-electron chi connectivity index (χ4n) is 3.26. The van der Waals surface area contributed by atoms with E-state index in [1.54, 1.807) is 42.5 Å². The van der Waals surface area contributed by atoms with Crippen molar-refractivity contribution in [2.45, 2.75) is 25.4 Å². The molecule has 1 aliphatic heterocycles. The largest absolute Gasteiger partial charge is 0.465 e. The number of piperidine rings is 1. The first-order valence-corrected chi connectivity index (χ1v) is 8.94. The Morgan fingerprint density at radius 2 is 1.68 bits per heavy atom. The number of esters is 1. The minimum atomic E-state index is -2.70. The predicted molar refractivity (Wildman–Crippen MR) is 99.2 cm³/mol. The van der Waals surface area contributed by atoms with Crippen LogP contribution in [-0.2, 0) is 11.3 Å². The van der Waals surface area contributed by atoms with E-state index in [-0.39, 0.29) is 38.4 Å². The second-order valence-electron chi connectivity index (χ2n) is 6.75. The molecule has 0 radical (unpaired) electrons. The van der Waals surface area contributed by atoms with Gasteiger partial charge in [-0.2, -0.15) is 0 Å². The maximum Gasteiger partial charge on any atom is 0.337 e. The van der Waals surface area contributed by atoms with Crippen molar-refractivity contribution in [2.24, 2.45) is 0 Å². The monoisotopic (exact) mass is 389 g/mol. The summed E-state index contributed by atoms with van der Waals surface area (Å²) in [5, 5.41) is 9.64. The molecule has 28 heavy (non-hydrogen) atoms. The van der Waals surface area contributed by atoms with Crippen molar-refractivity contribution in [1.29, 1.82) is 0 Å². The van der Waals surface area contributed by atoms with Crippen LogP contribution in [0.4, 0.5) is 8.78 Å². The van der Waals surface area contributed by atoms with Crippen molar-refractivity contribution < 1.29 is 28.2 Å². The molecule has 3 rings (SSSR count). The van der Waals surface area contributed by atoms with Gasteiger partial charge >= 0.3 is 5.97 Å². The molecule has 1 fully saturated rings. The first-order chi connectivity index (χ1) is 13.3. The van der Waals surface area contributed by atoms with Gasteiger partial charge in [0.1, 0.15) is 0 Å². The number of aliphatic hydroxyl groups is 1. The lowest BCUT2D eigenvalue weighted by molar-refractivity contribution is -0.0494. The smallest absolute Gasteiger partial charge is 0.337 e. The maximum absolute atomic E-state index is 13.3. The number of methoxy groups -OCH3 is 1. The van der Waals surface area contributed by atoms with E-state index in [0.717, 1.165) is 11.1 Å². The van der Waals surface area contributed by atoms with Gasteiger partial charge in [-0.25, -0.2) is 13.6 Å². The molecular formula is C21H21F2NO4. The number of carbonyl (C=O) groups is 2. The third kappa shape index (κ3) is 4.20. The summed E-state index contributed by atoms with van der Waals surface area (Å²) in [6.45, 7) is -0.183. The molecule has 1 saturated heterocycles. The summed E-state index contributed by atoms with van der Waals surface area (Å²) in [5.41, 5.74) is 2.81. The SMILES string of the molecule is COC(=O)c1ccc(-c2ccc(C(=O)N3CCC(F)(F)CC3)cc2)c(CO)c1. The van der Waals surface area contributed by atoms with Gasteiger partial charge in [-0.05, 0) is 41.0 Å². The number of aliphatic hydroxyl groups excluding tert-OH is 1. The number of rotatable bonds is 4. The summed E-state index contributed by atoms with van der Waals surface area (Å²) in [6, 6.07) is 11.6. The summed E-state index contributed by atoms with van der Waals surface area (Å²) in [4.78, 5) is 25.6. The Bertz CT molecular complexity index is 870. The number of nitrogens with zero attached hydrogens (tertiary/aromatic N) is 1. The van der Waals surface area contributed by atoms with Gasteiger partial charge in [0.15, 0.2) is 0 Å².